The molecule has 2 unspecified atom stereocenters. The van der Waals surface area contributed by atoms with Crippen molar-refractivity contribution < 1.29 is 13.5 Å². The molecule has 108 valence electrons. The molecule has 0 amide bonds. The van der Waals surface area contributed by atoms with Gasteiger partial charge in [0.15, 0.2) is 9.84 Å². The van der Waals surface area contributed by atoms with Crippen LogP contribution >= 0.6 is 0 Å². The highest BCUT2D eigenvalue weighted by Crippen LogP contribution is 2.25. The van der Waals surface area contributed by atoms with Gasteiger partial charge in [0.1, 0.15) is 0 Å². The Labute approximate surface area is 111 Å². The average Bonchev–Trinajstić information content (AvgIpc) is 2.24. The van der Waals surface area contributed by atoms with Crippen LogP contribution in [0.3, 0.4) is 0 Å². The highest BCUT2D eigenvalue weighted by Gasteiger charge is 2.32. The van der Waals surface area contributed by atoms with Crippen LogP contribution in [0, 0.1) is 11.3 Å². The number of aliphatic hydroxyl groups is 1. The van der Waals surface area contributed by atoms with Gasteiger partial charge in [-0.1, -0.05) is 27.7 Å². The third-order valence-corrected chi connectivity index (χ3v) is 5.56. The van der Waals surface area contributed by atoms with E-state index in [0.29, 0.717) is 12.3 Å². The van der Waals surface area contributed by atoms with E-state index in [1.807, 2.05) is 27.7 Å². The fraction of sp³-hybridized carbons (Fsp3) is 1.00. The Kier molecular flexibility index (Phi) is 5.21. The van der Waals surface area contributed by atoms with Gasteiger partial charge in [-0.05, 0) is 18.8 Å². The number of sulfone groups is 1. The number of rotatable bonds is 5. The van der Waals surface area contributed by atoms with Crippen LogP contribution in [0.2, 0.25) is 0 Å². The minimum atomic E-state index is -2.86. The van der Waals surface area contributed by atoms with Gasteiger partial charge < -0.3 is 10.4 Å². The molecule has 1 rings (SSSR count). The van der Waals surface area contributed by atoms with E-state index < -0.39 is 9.84 Å². The molecule has 4 nitrogen and oxygen atoms in total. The van der Waals surface area contributed by atoms with Crippen molar-refractivity contribution in [2.24, 2.45) is 11.3 Å². The maximum Gasteiger partial charge on any atom is 0.151 e. The third kappa shape index (κ3) is 4.52. The summed E-state index contributed by atoms with van der Waals surface area (Å²) in [7, 11) is -2.86. The predicted octanol–water partition coefficient (Wildman–Crippen LogP) is 1.20. The van der Waals surface area contributed by atoms with Gasteiger partial charge in [0.25, 0.3) is 0 Å². The largest absolute Gasteiger partial charge is 0.392 e. The molecule has 0 spiro atoms. The second-order valence-electron chi connectivity index (χ2n) is 6.51. The summed E-state index contributed by atoms with van der Waals surface area (Å²) in [5, 5.41) is 13.4. The van der Waals surface area contributed by atoms with Gasteiger partial charge in [0.05, 0.1) is 17.6 Å². The maximum absolute atomic E-state index is 11.5. The zero-order valence-electron chi connectivity index (χ0n) is 11.9. The van der Waals surface area contributed by atoms with E-state index in [4.69, 9.17) is 0 Å². The molecule has 2 N–H and O–H groups in total. The molecule has 0 aliphatic carbocycles. The van der Waals surface area contributed by atoms with Gasteiger partial charge in [-0.2, -0.15) is 0 Å². The molecule has 5 heteroatoms. The topological polar surface area (TPSA) is 66.4 Å². The SMILES string of the molecule is CC(C)C(O)C(C)(C)CNC1CCCS(=O)(=O)C1. The molecule has 0 aromatic carbocycles. The highest BCUT2D eigenvalue weighted by molar-refractivity contribution is 7.91. The van der Waals surface area contributed by atoms with E-state index in [9.17, 15) is 13.5 Å². The van der Waals surface area contributed by atoms with Crippen LogP contribution in [-0.4, -0.2) is 43.7 Å². The molecule has 0 aromatic heterocycles. The molecular weight excluding hydrogens is 250 g/mol. The fourth-order valence-corrected chi connectivity index (χ4v) is 4.27. The Balaban J connectivity index is 2.49. The number of hydrogen-bond donors (Lipinski definition) is 2. The van der Waals surface area contributed by atoms with Gasteiger partial charge >= 0.3 is 0 Å². The summed E-state index contributed by atoms with van der Waals surface area (Å²) < 4.78 is 23.1. The summed E-state index contributed by atoms with van der Waals surface area (Å²) in [5.41, 5.74) is -0.241. The van der Waals surface area contributed by atoms with Crippen LogP contribution in [0.25, 0.3) is 0 Å². The Morgan fingerprint density at radius 3 is 2.50 bits per heavy atom. The third-order valence-electron chi connectivity index (χ3n) is 3.74. The zero-order valence-corrected chi connectivity index (χ0v) is 12.8. The van der Waals surface area contributed by atoms with E-state index in [-0.39, 0.29) is 29.2 Å². The van der Waals surface area contributed by atoms with Crippen LogP contribution in [0.1, 0.15) is 40.5 Å². The molecule has 18 heavy (non-hydrogen) atoms. The molecule has 1 heterocycles. The number of aliphatic hydroxyl groups excluding tert-OH is 1. The van der Waals surface area contributed by atoms with Crippen molar-refractivity contribution in [1.29, 1.82) is 0 Å². The Hall–Kier alpha value is -0.130. The Bertz CT molecular complexity index is 362. The minimum absolute atomic E-state index is 0.0439. The van der Waals surface area contributed by atoms with Gasteiger partial charge in [-0.15, -0.1) is 0 Å². The second kappa shape index (κ2) is 5.88. The summed E-state index contributed by atoms with van der Waals surface area (Å²) in [6.07, 6.45) is 1.27. The van der Waals surface area contributed by atoms with Gasteiger partial charge in [0.2, 0.25) is 0 Å². The quantitative estimate of drug-likeness (QED) is 0.792. The van der Waals surface area contributed by atoms with E-state index in [1.54, 1.807) is 0 Å². The van der Waals surface area contributed by atoms with Crippen LogP contribution < -0.4 is 5.32 Å². The molecule has 0 bridgehead atoms. The van der Waals surface area contributed by atoms with Crippen molar-refractivity contribution in [3.8, 4) is 0 Å². The molecule has 2 atom stereocenters. The summed E-state index contributed by atoms with van der Waals surface area (Å²) >= 11 is 0. The second-order valence-corrected chi connectivity index (χ2v) is 8.74. The lowest BCUT2D eigenvalue weighted by Gasteiger charge is -2.35. The van der Waals surface area contributed by atoms with E-state index >= 15 is 0 Å². The molecule has 0 radical (unpaired) electrons. The van der Waals surface area contributed by atoms with E-state index in [0.717, 1.165) is 12.8 Å². The zero-order chi connectivity index (χ0) is 14.0. The smallest absolute Gasteiger partial charge is 0.151 e. The van der Waals surface area contributed by atoms with Crippen molar-refractivity contribution >= 4 is 9.84 Å². The van der Waals surface area contributed by atoms with Gasteiger partial charge in [-0.25, -0.2) is 8.42 Å². The first-order valence-electron chi connectivity index (χ1n) is 6.76. The molecule has 1 fully saturated rings. The van der Waals surface area contributed by atoms with Crippen LogP contribution in [0.5, 0.6) is 0 Å². The van der Waals surface area contributed by atoms with Crippen LogP contribution in [-0.2, 0) is 9.84 Å². The van der Waals surface area contributed by atoms with Crippen LogP contribution in [0.15, 0.2) is 0 Å². The molecule has 1 saturated heterocycles. The first-order chi connectivity index (χ1) is 8.14. The standard InChI is InChI=1S/C13H27NO3S/c1-10(2)12(15)13(3,4)9-14-11-6-5-7-18(16,17)8-11/h10-12,14-15H,5-9H2,1-4H3. The summed E-state index contributed by atoms with van der Waals surface area (Å²) in [4.78, 5) is 0. The average molecular weight is 277 g/mol. The highest BCUT2D eigenvalue weighted by atomic mass is 32.2. The van der Waals surface area contributed by atoms with Crippen molar-refractivity contribution in [2.45, 2.75) is 52.7 Å². The summed E-state index contributed by atoms with van der Waals surface area (Å²) in [5.74, 6) is 0.765. The minimum Gasteiger partial charge on any atom is -0.392 e. The lowest BCUT2D eigenvalue weighted by Crippen LogP contribution is -2.48. The molecular formula is C13H27NO3S. The lowest BCUT2D eigenvalue weighted by molar-refractivity contribution is 0.0123. The van der Waals surface area contributed by atoms with Gasteiger partial charge in [0, 0.05) is 18.0 Å². The number of hydrogen-bond acceptors (Lipinski definition) is 4. The van der Waals surface area contributed by atoms with Crippen LogP contribution in [0.4, 0.5) is 0 Å². The van der Waals surface area contributed by atoms with E-state index in [1.165, 1.54) is 0 Å². The maximum atomic E-state index is 11.5. The van der Waals surface area contributed by atoms with Crippen molar-refractivity contribution in [2.75, 3.05) is 18.1 Å². The van der Waals surface area contributed by atoms with Gasteiger partial charge in [-0.3, -0.25) is 0 Å². The van der Waals surface area contributed by atoms with E-state index in [2.05, 4.69) is 5.32 Å². The molecule has 1 aliphatic rings. The Morgan fingerprint density at radius 2 is 2.00 bits per heavy atom. The first-order valence-corrected chi connectivity index (χ1v) is 8.58. The normalized spacial score (nSPS) is 26.2. The van der Waals surface area contributed by atoms with Crippen molar-refractivity contribution in [3.63, 3.8) is 0 Å². The number of nitrogens with one attached hydrogen (secondary N) is 1. The summed E-state index contributed by atoms with van der Waals surface area (Å²) in [6, 6.07) is 0.0439. The van der Waals surface area contributed by atoms with Crippen molar-refractivity contribution in [3.05, 3.63) is 0 Å². The molecule has 0 saturated carbocycles. The lowest BCUT2D eigenvalue weighted by atomic mass is 9.80. The molecule has 0 aromatic rings. The first kappa shape index (κ1) is 15.9. The molecule has 1 aliphatic heterocycles. The monoisotopic (exact) mass is 277 g/mol. The fourth-order valence-electron chi connectivity index (χ4n) is 2.60. The predicted molar refractivity (Wildman–Crippen MR) is 74.3 cm³/mol. The Morgan fingerprint density at radius 1 is 1.39 bits per heavy atom. The summed E-state index contributed by atoms with van der Waals surface area (Å²) in [6.45, 7) is 8.67. The van der Waals surface area contributed by atoms with Crippen molar-refractivity contribution in [1.82, 2.24) is 5.32 Å².